The van der Waals surface area contributed by atoms with Gasteiger partial charge in [-0.05, 0) is 40.7 Å². The maximum Gasteiger partial charge on any atom is 0.238 e. The zero-order valence-corrected chi connectivity index (χ0v) is 16.9. The standard InChI is InChI=1S/C18H18Br2N2O3/c1-22(10-12-2-4-13(19)5-3-12)11-18(23)21-15-9-17-16(8-14(15)20)24-6-7-25-17/h2-5,8-9H,6-7,10-11H2,1H3,(H,21,23). The number of nitrogens with zero attached hydrogens (tertiary/aromatic N) is 1. The number of hydrogen-bond donors (Lipinski definition) is 1. The molecule has 0 aromatic heterocycles. The predicted octanol–water partition coefficient (Wildman–Crippen LogP) is 4.05. The van der Waals surface area contributed by atoms with Crippen LogP contribution in [-0.2, 0) is 11.3 Å². The highest BCUT2D eigenvalue weighted by Crippen LogP contribution is 2.38. The summed E-state index contributed by atoms with van der Waals surface area (Å²) in [6.45, 7) is 2.03. The molecule has 0 saturated heterocycles. The van der Waals surface area contributed by atoms with E-state index >= 15 is 0 Å². The molecule has 2 aromatic rings. The molecular weight excluding hydrogens is 452 g/mol. The molecule has 0 radical (unpaired) electrons. The number of carbonyl (C=O) groups is 1. The first-order valence-corrected chi connectivity index (χ1v) is 9.42. The molecule has 0 fully saturated rings. The molecule has 2 aromatic carbocycles. The fourth-order valence-corrected chi connectivity index (χ4v) is 3.24. The normalized spacial score (nSPS) is 13.0. The van der Waals surface area contributed by atoms with Gasteiger partial charge in [0.2, 0.25) is 5.91 Å². The molecule has 0 saturated carbocycles. The van der Waals surface area contributed by atoms with Gasteiger partial charge in [-0.15, -0.1) is 0 Å². The molecule has 1 aliphatic heterocycles. The van der Waals surface area contributed by atoms with Crippen molar-refractivity contribution in [2.45, 2.75) is 6.54 Å². The molecule has 0 aliphatic carbocycles. The van der Waals surface area contributed by atoms with Crippen LogP contribution >= 0.6 is 31.9 Å². The van der Waals surface area contributed by atoms with Gasteiger partial charge in [-0.3, -0.25) is 9.69 Å². The Bertz CT molecular complexity index is 766. The first-order valence-electron chi connectivity index (χ1n) is 7.83. The minimum atomic E-state index is -0.0861. The molecule has 5 nitrogen and oxygen atoms in total. The second-order valence-corrected chi connectivity index (χ2v) is 7.59. The maximum atomic E-state index is 12.3. The number of ether oxygens (including phenoxy) is 2. The van der Waals surface area contributed by atoms with E-state index < -0.39 is 0 Å². The van der Waals surface area contributed by atoms with Gasteiger partial charge in [-0.25, -0.2) is 0 Å². The van der Waals surface area contributed by atoms with E-state index in [1.807, 2.05) is 42.3 Å². The fraction of sp³-hybridized carbons (Fsp3) is 0.278. The maximum absolute atomic E-state index is 12.3. The van der Waals surface area contributed by atoms with Crippen molar-refractivity contribution in [1.82, 2.24) is 4.90 Å². The van der Waals surface area contributed by atoms with Crippen molar-refractivity contribution in [1.29, 1.82) is 0 Å². The molecular formula is C18H18Br2N2O3. The third kappa shape index (κ3) is 4.96. The third-order valence-electron chi connectivity index (χ3n) is 3.69. The van der Waals surface area contributed by atoms with Crippen LogP contribution in [0.2, 0.25) is 0 Å². The van der Waals surface area contributed by atoms with E-state index in [9.17, 15) is 4.79 Å². The van der Waals surface area contributed by atoms with E-state index in [1.54, 1.807) is 6.07 Å². The van der Waals surface area contributed by atoms with E-state index in [4.69, 9.17) is 9.47 Å². The molecule has 0 spiro atoms. The summed E-state index contributed by atoms with van der Waals surface area (Å²) < 4.78 is 12.9. The second kappa shape index (κ2) is 8.21. The van der Waals surface area contributed by atoms with Gasteiger partial charge in [-0.2, -0.15) is 0 Å². The number of rotatable bonds is 5. The lowest BCUT2D eigenvalue weighted by atomic mass is 10.2. The van der Waals surface area contributed by atoms with Gasteiger partial charge in [0.1, 0.15) is 13.2 Å². The zero-order chi connectivity index (χ0) is 17.8. The molecule has 0 unspecified atom stereocenters. The zero-order valence-electron chi connectivity index (χ0n) is 13.7. The van der Waals surface area contributed by atoms with Crippen molar-refractivity contribution in [3.05, 3.63) is 50.9 Å². The number of carbonyl (C=O) groups excluding carboxylic acids is 1. The van der Waals surface area contributed by atoms with Crippen LogP contribution < -0.4 is 14.8 Å². The Morgan fingerprint density at radius 3 is 2.44 bits per heavy atom. The quantitative estimate of drug-likeness (QED) is 0.717. The van der Waals surface area contributed by atoms with E-state index in [0.717, 1.165) is 14.5 Å². The second-order valence-electron chi connectivity index (χ2n) is 5.82. The van der Waals surface area contributed by atoms with Gasteiger partial charge in [0.25, 0.3) is 0 Å². The molecule has 1 amide bonds. The van der Waals surface area contributed by atoms with Gasteiger partial charge in [0.15, 0.2) is 11.5 Å². The minimum Gasteiger partial charge on any atom is -0.486 e. The van der Waals surface area contributed by atoms with Gasteiger partial charge in [-0.1, -0.05) is 28.1 Å². The van der Waals surface area contributed by atoms with E-state index in [-0.39, 0.29) is 12.5 Å². The number of halogens is 2. The van der Waals surface area contributed by atoms with Crippen molar-refractivity contribution >= 4 is 43.5 Å². The minimum absolute atomic E-state index is 0.0861. The summed E-state index contributed by atoms with van der Waals surface area (Å²) in [5.41, 5.74) is 1.82. The summed E-state index contributed by atoms with van der Waals surface area (Å²) in [6.07, 6.45) is 0. The predicted molar refractivity (Wildman–Crippen MR) is 104 cm³/mol. The van der Waals surface area contributed by atoms with Crippen molar-refractivity contribution in [2.75, 3.05) is 32.1 Å². The van der Waals surface area contributed by atoms with Crippen LogP contribution in [0.1, 0.15) is 5.56 Å². The smallest absolute Gasteiger partial charge is 0.238 e. The lowest BCUT2D eigenvalue weighted by molar-refractivity contribution is -0.117. The molecule has 7 heteroatoms. The lowest BCUT2D eigenvalue weighted by Gasteiger charge is -2.21. The van der Waals surface area contributed by atoms with E-state index in [1.165, 1.54) is 0 Å². The average molecular weight is 470 g/mol. The number of benzene rings is 2. The Hall–Kier alpha value is -1.57. The number of anilines is 1. The molecule has 1 aliphatic rings. The van der Waals surface area contributed by atoms with Crippen LogP contribution in [0.5, 0.6) is 11.5 Å². The monoisotopic (exact) mass is 468 g/mol. The van der Waals surface area contributed by atoms with Crippen LogP contribution in [0, 0.1) is 0 Å². The Morgan fingerprint density at radius 1 is 1.12 bits per heavy atom. The van der Waals surface area contributed by atoms with Crippen molar-refractivity contribution in [3.8, 4) is 11.5 Å². The Kier molecular flexibility index (Phi) is 5.98. The molecule has 0 atom stereocenters. The van der Waals surface area contributed by atoms with Crippen molar-refractivity contribution in [2.24, 2.45) is 0 Å². The molecule has 25 heavy (non-hydrogen) atoms. The number of nitrogens with one attached hydrogen (secondary N) is 1. The topological polar surface area (TPSA) is 50.8 Å². The first kappa shape index (κ1) is 18.2. The van der Waals surface area contributed by atoms with Gasteiger partial charge in [0.05, 0.1) is 12.2 Å². The SMILES string of the molecule is CN(CC(=O)Nc1cc2c(cc1Br)OCCO2)Cc1ccc(Br)cc1. The van der Waals surface area contributed by atoms with Crippen molar-refractivity contribution in [3.63, 3.8) is 0 Å². The van der Waals surface area contributed by atoms with Gasteiger partial charge in [0, 0.05) is 27.6 Å². The molecule has 0 bridgehead atoms. The highest BCUT2D eigenvalue weighted by molar-refractivity contribution is 9.10. The van der Waals surface area contributed by atoms with Crippen LogP contribution in [0.15, 0.2) is 45.3 Å². The third-order valence-corrected chi connectivity index (χ3v) is 4.87. The molecule has 3 rings (SSSR count). The van der Waals surface area contributed by atoms with E-state index in [2.05, 4.69) is 37.2 Å². The summed E-state index contributed by atoms with van der Waals surface area (Å²) in [6, 6.07) is 11.7. The van der Waals surface area contributed by atoms with Crippen molar-refractivity contribution < 1.29 is 14.3 Å². The first-order chi connectivity index (χ1) is 12.0. The number of likely N-dealkylation sites (N-methyl/N-ethyl adjacent to an activating group) is 1. The molecule has 132 valence electrons. The number of fused-ring (bicyclic) bond motifs is 1. The highest BCUT2D eigenvalue weighted by atomic mass is 79.9. The Morgan fingerprint density at radius 2 is 1.76 bits per heavy atom. The largest absolute Gasteiger partial charge is 0.486 e. The van der Waals surface area contributed by atoms with Gasteiger partial charge < -0.3 is 14.8 Å². The van der Waals surface area contributed by atoms with Crippen LogP contribution in [0.3, 0.4) is 0 Å². The van der Waals surface area contributed by atoms with Gasteiger partial charge >= 0.3 is 0 Å². The average Bonchev–Trinajstić information content (AvgIpc) is 2.57. The number of amides is 1. The highest BCUT2D eigenvalue weighted by Gasteiger charge is 2.16. The fourth-order valence-electron chi connectivity index (χ4n) is 2.55. The number of hydrogen-bond acceptors (Lipinski definition) is 4. The summed E-state index contributed by atoms with van der Waals surface area (Å²) in [5, 5.41) is 2.92. The molecule has 1 N–H and O–H groups in total. The molecule has 1 heterocycles. The Labute approximate surface area is 163 Å². The van der Waals surface area contributed by atoms with Crippen LogP contribution in [-0.4, -0.2) is 37.6 Å². The van der Waals surface area contributed by atoms with E-state index in [0.29, 0.717) is 36.9 Å². The summed E-state index contributed by atoms with van der Waals surface area (Å²) in [5.74, 6) is 1.24. The van der Waals surface area contributed by atoms with Crippen LogP contribution in [0.25, 0.3) is 0 Å². The summed E-state index contributed by atoms with van der Waals surface area (Å²) in [7, 11) is 1.92. The lowest BCUT2D eigenvalue weighted by Crippen LogP contribution is -2.30. The summed E-state index contributed by atoms with van der Waals surface area (Å²) >= 11 is 6.88. The van der Waals surface area contributed by atoms with Crippen LogP contribution in [0.4, 0.5) is 5.69 Å². The summed E-state index contributed by atoms with van der Waals surface area (Å²) in [4.78, 5) is 14.3. The Balaban J connectivity index is 1.59.